The predicted octanol–water partition coefficient (Wildman–Crippen LogP) is -3.86. The van der Waals surface area contributed by atoms with E-state index >= 15 is 0 Å². The minimum absolute atomic E-state index is 0.0957. The summed E-state index contributed by atoms with van der Waals surface area (Å²) in [6.07, 6.45) is 0.273. The van der Waals surface area contributed by atoms with Crippen molar-refractivity contribution in [1.82, 2.24) is 16.0 Å². The largest absolute Gasteiger partial charge is 0.480 e. The van der Waals surface area contributed by atoms with E-state index in [1.54, 1.807) is 0 Å². The molecule has 14 nitrogen and oxygen atoms in total. The van der Waals surface area contributed by atoms with Gasteiger partial charge in [-0.3, -0.25) is 24.0 Å². The molecule has 4 unspecified atom stereocenters. The van der Waals surface area contributed by atoms with Crippen LogP contribution < -0.4 is 38.9 Å². The molecular formula is C18H33N7O7. The number of carboxylic acids is 1. The van der Waals surface area contributed by atoms with Gasteiger partial charge in [-0.25, -0.2) is 4.79 Å². The summed E-state index contributed by atoms with van der Waals surface area (Å²) in [6, 6.07) is -4.24. The summed E-state index contributed by atoms with van der Waals surface area (Å²) in [6.45, 7) is 1.64. The van der Waals surface area contributed by atoms with Crippen molar-refractivity contribution >= 4 is 35.5 Å². The van der Waals surface area contributed by atoms with Crippen molar-refractivity contribution in [2.45, 2.75) is 69.6 Å². The molecule has 0 aliphatic carbocycles. The summed E-state index contributed by atoms with van der Waals surface area (Å²) in [5, 5.41) is 16.5. The Morgan fingerprint density at radius 1 is 0.844 bits per heavy atom. The van der Waals surface area contributed by atoms with Crippen molar-refractivity contribution in [3.8, 4) is 0 Å². The highest BCUT2D eigenvalue weighted by molar-refractivity contribution is 5.89. The third-order valence-electron chi connectivity index (χ3n) is 4.38. The van der Waals surface area contributed by atoms with E-state index in [2.05, 4.69) is 16.0 Å². The number of nitrogens with one attached hydrogen (secondary N) is 3. The summed E-state index contributed by atoms with van der Waals surface area (Å²) in [7, 11) is 0. The van der Waals surface area contributed by atoms with Gasteiger partial charge in [0.2, 0.25) is 29.5 Å². The monoisotopic (exact) mass is 459 g/mol. The van der Waals surface area contributed by atoms with Crippen molar-refractivity contribution in [2.75, 3.05) is 6.54 Å². The van der Waals surface area contributed by atoms with Gasteiger partial charge in [0.25, 0.3) is 0 Å². The van der Waals surface area contributed by atoms with Gasteiger partial charge in [-0.1, -0.05) is 0 Å². The van der Waals surface area contributed by atoms with Crippen LogP contribution in [0.1, 0.15) is 45.4 Å². The van der Waals surface area contributed by atoms with Crippen LogP contribution in [0.4, 0.5) is 0 Å². The summed E-state index contributed by atoms with van der Waals surface area (Å²) in [4.78, 5) is 68.8. The average Bonchev–Trinajstić information content (AvgIpc) is 2.68. The van der Waals surface area contributed by atoms with Gasteiger partial charge >= 0.3 is 5.97 Å². The average molecular weight is 460 g/mol. The first-order chi connectivity index (χ1) is 14.8. The Hall–Kier alpha value is -3.26. The molecule has 0 aromatic heterocycles. The first-order valence-corrected chi connectivity index (χ1v) is 10.0. The van der Waals surface area contributed by atoms with Crippen molar-refractivity contribution in [3.05, 3.63) is 0 Å². The molecule has 0 aliphatic rings. The maximum Gasteiger partial charge on any atom is 0.326 e. The molecule has 182 valence electrons. The number of unbranched alkanes of at least 4 members (excludes halogenated alkanes) is 1. The van der Waals surface area contributed by atoms with Crippen LogP contribution in [0, 0.1) is 0 Å². The SMILES string of the molecule is CC(N)C(=O)NC(CCC(=O)NC(CCCCNC(=O)CC(N)C(N)=O)C(=O)O)C(N)=O. The van der Waals surface area contributed by atoms with E-state index in [-0.39, 0.29) is 32.2 Å². The second kappa shape index (κ2) is 14.7. The van der Waals surface area contributed by atoms with E-state index in [1.807, 2.05) is 0 Å². The van der Waals surface area contributed by atoms with Gasteiger partial charge in [0, 0.05) is 13.0 Å². The van der Waals surface area contributed by atoms with Gasteiger partial charge in [-0.15, -0.1) is 0 Å². The number of hydrogen-bond donors (Lipinski definition) is 8. The van der Waals surface area contributed by atoms with Crippen LogP contribution in [0.2, 0.25) is 0 Å². The number of aliphatic carboxylic acids is 1. The summed E-state index contributed by atoms with van der Waals surface area (Å²) < 4.78 is 0. The number of carboxylic acid groups (broad SMARTS) is 1. The Balaban J connectivity index is 4.39. The molecule has 0 saturated carbocycles. The van der Waals surface area contributed by atoms with Crippen LogP contribution in [0.5, 0.6) is 0 Å². The van der Waals surface area contributed by atoms with Gasteiger partial charge in [-0.05, 0) is 32.6 Å². The molecule has 0 saturated heterocycles. The van der Waals surface area contributed by atoms with Gasteiger partial charge in [0.05, 0.1) is 18.5 Å². The lowest BCUT2D eigenvalue weighted by atomic mass is 10.1. The topological polar surface area (TPSA) is 263 Å². The molecule has 4 atom stereocenters. The standard InChI is InChI=1S/C18H33N7O7/c1-9(19)17(30)25-11(16(22)29)5-6-13(26)24-12(18(31)32)4-2-3-7-23-14(27)8-10(20)15(21)28/h9-12H,2-8,19-20H2,1H3,(H2,21,28)(H2,22,29)(H,23,27)(H,24,26)(H,25,30)(H,31,32). The highest BCUT2D eigenvalue weighted by atomic mass is 16.4. The number of rotatable bonds is 16. The van der Waals surface area contributed by atoms with Crippen LogP contribution in [0.15, 0.2) is 0 Å². The molecule has 0 spiro atoms. The summed E-state index contributed by atoms with van der Waals surface area (Å²) in [5.74, 6) is -4.58. The molecule has 0 fully saturated rings. The Kier molecular flexibility index (Phi) is 13.2. The number of carbonyl (C=O) groups is 6. The van der Waals surface area contributed by atoms with Crippen molar-refractivity contribution < 1.29 is 33.9 Å². The number of primary amides is 2. The zero-order valence-electron chi connectivity index (χ0n) is 18.0. The molecular weight excluding hydrogens is 426 g/mol. The van der Waals surface area contributed by atoms with Crippen LogP contribution in [-0.4, -0.2) is 71.3 Å². The molecule has 0 rings (SSSR count). The molecule has 5 amide bonds. The summed E-state index contributed by atoms with van der Waals surface area (Å²) >= 11 is 0. The second-order valence-corrected chi connectivity index (χ2v) is 7.31. The normalized spacial score (nSPS) is 14.3. The molecule has 32 heavy (non-hydrogen) atoms. The molecule has 0 heterocycles. The maximum absolute atomic E-state index is 12.1. The van der Waals surface area contributed by atoms with Gasteiger partial charge in [-0.2, -0.15) is 0 Å². The van der Waals surface area contributed by atoms with Crippen molar-refractivity contribution in [1.29, 1.82) is 0 Å². The molecule has 0 radical (unpaired) electrons. The zero-order valence-corrected chi connectivity index (χ0v) is 18.0. The Morgan fingerprint density at radius 3 is 1.97 bits per heavy atom. The van der Waals surface area contributed by atoms with E-state index in [1.165, 1.54) is 6.92 Å². The zero-order chi connectivity index (χ0) is 24.8. The van der Waals surface area contributed by atoms with Crippen LogP contribution in [-0.2, 0) is 28.8 Å². The fourth-order valence-electron chi connectivity index (χ4n) is 2.46. The number of carbonyl (C=O) groups excluding carboxylic acids is 5. The second-order valence-electron chi connectivity index (χ2n) is 7.31. The highest BCUT2D eigenvalue weighted by Crippen LogP contribution is 2.04. The minimum atomic E-state index is -1.24. The van der Waals surface area contributed by atoms with Crippen LogP contribution >= 0.6 is 0 Å². The molecule has 0 bridgehead atoms. The maximum atomic E-state index is 12.1. The van der Waals surface area contributed by atoms with Gasteiger partial charge in [0.15, 0.2) is 0 Å². The molecule has 0 aliphatic heterocycles. The van der Waals surface area contributed by atoms with Gasteiger partial charge in [0.1, 0.15) is 12.1 Å². The first kappa shape index (κ1) is 28.7. The molecule has 0 aromatic rings. The van der Waals surface area contributed by atoms with Crippen LogP contribution in [0.25, 0.3) is 0 Å². The number of nitrogens with two attached hydrogens (primary N) is 4. The Labute approximate surface area is 185 Å². The molecule has 12 N–H and O–H groups in total. The highest BCUT2D eigenvalue weighted by Gasteiger charge is 2.23. The number of amides is 5. The summed E-state index contributed by atoms with van der Waals surface area (Å²) in [5.41, 5.74) is 20.9. The third-order valence-corrected chi connectivity index (χ3v) is 4.38. The van der Waals surface area contributed by atoms with Gasteiger partial charge < -0.3 is 44.0 Å². The van der Waals surface area contributed by atoms with Crippen molar-refractivity contribution in [2.24, 2.45) is 22.9 Å². The Bertz CT molecular complexity index is 699. The minimum Gasteiger partial charge on any atom is -0.480 e. The lowest BCUT2D eigenvalue weighted by molar-refractivity contribution is -0.142. The van der Waals surface area contributed by atoms with E-state index < -0.39 is 59.7 Å². The third kappa shape index (κ3) is 12.4. The first-order valence-electron chi connectivity index (χ1n) is 10.0. The Morgan fingerprint density at radius 2 is 1.47 bits per heavy atom. The van der Waals surface area contributed by atoms with Crippen molar-refractivity contribution in [3.63, 3.8) is 0 Å². The molecule has 0 aromatic carbocycles. The van der Waals surface area contributed by atoms with Crippen LogP contribution in [0.3, 0.4) is 0 Å². The lowest BCUT2D eigenvalue weighted by Crippen LogP contribution is -2.50. The fourth-order valence-corrected chi connectivity index (χ4v) is 2.46. The predicted molar refractivity (Wildman–Crippen MR) is 112 cm³/mol. The van der Waals surface area contributed by atoms with E-state index in [0.29, 0.717) is 12.8 Å². The number of hydrogen-bond acceptors (Lipinski definition) is 8. The molecule has 14 heteroatoms. The van der Waals surface area contributed by atoms with E-state index in [9.17, 15) is 33.9 Å². The quantitative estimate of drug-likeness (QED) is 0.105. The smallest absolute Gasteiger partial charge is 0.326 e. The fraction of sp³-hybridized carbons (Fsp3) is 0.667. The lowest BCUT2D eigenvalue weighted by Gasteiger charge is -2.18. The van der Waals surface area contributed by atoms with E-state index in [0.717, 1.165) is 0 Å². The van der Waals surface area contributed by atoms with E-state index in [4.69, 9.17) is 22.9 Å².